The van der Waals surface area contributed by atoms with Crippen molar-refractivity contribution in [3.63, 3.8) is 0 Å². The van der Waals surface area contributed by atoms with E-state index < -0.39 is 0 Å². The Hall–Kier alpha value is -1.52. The minimum Gasteiger partial charge on any atom is -0.324 e. The van der Waals surface area contributed by atoms with Crippen molar-refractivity contribution in [2.24, 2.45) is 5.41 Å². The molecule has 0 unspecified atom stereocenters. The monoisotopic (exact) mass is 316 g/mol. The Morgan fingerprint density at radius 1 is 1.35 bits per heavy atom. The third-order valence-corrected chi connectivity index (χ3v) is 5.91. The first-order valence-electron chi connectivity index (χ1n) is 9.32. The summed E-state index contributed by atoms with van der Waals surface area (Å²) in [5.74, 6) is 0.596. The van der Waals surface area contributed by atoms with Crippen LogP contribution in [-0.4, -0.2) is 33.8 Å². The Kier molecular flexibility index (Phi) is 3.82. The summed E-state index contributed by atoms with van der Waals surface area (Å²) < 4.78 is 2.09. The molecular weight excluding hydrogens is 288 g/mol. The van der Waals surface area contributed by atoms with Gasteiger partial charge in [-0.1, -0.05) is 19.8 Å². The first-order valence-corrected chi connectivity index (χ1v) is 9.32. The zero-order chi connectivity index (χ0) is 15.9. The van der Waals surface area contributed by atoms with Gasteiger partial charge in [0.25, 0.3) is 0 Å². The maximum absolute atomic E-state index is 12.7. The van der Waals surface area contributed by atoms with Gasteiger partial charge in [-0.15, -0.1) is 0 Å². The highest BCUT2D eigenvalue weighted by Gasteiger charge is 2.42. The van der Waals surface area contributed by atoms with Crippen molar-refractivity contribution in [2.45, 2.75) is 70.8 Å². The Morgan fingerprint density at radius 2 is 2.13 bits per heavy atom. The van der Waals surface area contributed by atoms with Crippen molar-refractivity contribution in [2.75, 3.05) is 18.4 Å². The second-order valence-electron chi connectivity index (χ2n) is 7.75. The molecule has 5 nitrogen and oxygen atoms in total. The molecule has 23 heavy (non-hydrogen) atoms. The number of hydrogen-bond acceptors (Lipinski definition) is 2. The van der Waals surface area contributed by atoms with Gasteiger partial charge in [-0.3, -0.25) is 4.68 Å². The van der Waals surface area contributed by atoms with Crippen molar-refractivity contribution in [1.29, 1.82) is 0 Å². The fourth-order valence-corrected chi connectivity index (χ4v) is 4.50. The molecular formula is C18H28N4O. The lowest BCUT2D eigenvalue weighted by atomic mass is 9.86. The molecule has 126 valence electrons. The quantitative estimate of drug-likeness (QED) is 0.914. The molecule has 2 aliphatic carbocycles. The zero-order valence-corrected chi connectivity index (χ0v) is 14.2. The number of likely N-dealkylation sites (tertiary alicyclic amines) is 1. The first-order chi connectivity index (χ1) is 11.2. The van der Waals surface area contributed by atoms with Gasteiger partial charge in [0.2, 0.25) is 0 Å². The van der Waals surface area contributed by atoms with E-state index in [1.807, 2.05) is 11.1 Å². The fraction of sp³-hybridized carbons (Fsp3) is 0.778. The van der Waals surface area contributed by atoms with Crippen LogP contribution in [0.25, 0.3) is 0 Å². The Morgan fingerprint density at radius 3 is 2.83 bits per heavy atom. The second kappa shape index (κ2) is 5.84. The minimum absolute atomic E-state index is 0.0757. The average Bonchev–Trinajstić information content (AvgIpc) is 2.98. The number of carbonyl (C=O) groups excluding carboxylic acids is 1. The number of nitrogens with one attached hydrogen (secondary N) is 1. The number of amides is 2. The molecule has 1 aromatic rings. The summed E-state index contributed by atoms with van der Waals surface area (Å²) >= 11 is 0. The van der Waals surface area contributed by atoms with E-state index >= 15 is 0 Å². The van der Waals surface area contributed by atoms with Crippen molar-refractivity contribution >= 4 is 11.7 Å². The third kappa shape index (κ3) is 2.86. The molecule has 1 spiro atoms. The van der Waals surface area contributed by atoms with Crippen LogP contribution in [0.2, 0.25) is 0 Å². The van der Waals surface area contributed by atoms with Crippen LogP contribution >= 0.6 is 0 Å². The Bertz CT molecular complexity index is 584. The first kappa shape index (κ1) is 15.0. The number of anilines is 1. The number of carbonyl (C=O) groups is 1. The molecule has 4 rings (SSSR count). The lowest BCUT2D eigenvalue weighted by Crippen LogP contribution is -2.34. The minimum atomic E-state index is 0.0757. The normalized spacial score (nSPS) is 22.9. The van der Waals surface area contributed by atoms with Crippen LogP contribution in [-0.2, 0) is 6.54 Å². The molecule has 2 saturated carbocycles. The highest BCUT2D eigenvalue weighted by molar-refractivity contribution is 5.90. The summed E-state index contributed by atoms with van der Waals surface area (Å²) in [5.41, 5.74) is 2.62. The molecule has 0 atom stereocenters. The molecule has 3 fully saturated rings. The van der Waals surface area contributed by atoms with Gasteiger partial charge in [-0.2, -0.15) is 5.10 Å². The maximum Gasteiger partial charge on any atom is 0.321 e. The standard InChI is InChI=1S/C18H28N4O/c1-2-10-22-16(14-5-6-14)15(12-19-22)20-17(23)21-11-9-18(13-21)7-3-4-8-18/h12,14H,2-11,13H2,1H3,(H,20,23). The molecule has 5 heteroatoms. The molecule has 1 saturated heterocycles. The summed E-state index contributed by atoms with van der Waals surface area (Å²) in [5, 5.41) is 7.66. The van der Waals surface area contributed by atoms with Gasteiger partial charge in [0, 0.05) is 25.6 Å². The number of nitrogens with zero attached hydrogens (tertiary/aromatic N) is 3. The van der Waals surface area contributed by atoms with E-state index in [4.69, 9.17) is 0 Å². The average molecular weight is 316 g/mol. The molecule has 0 aromatic carbocycles. The topological polar surface area (TPSA) is 50.2 Å². The van der Waals surface area contributed by atoms with Gasteiger partial charge in [0.15, 0.2) is 0 Å². The molecule has 1 aliphatic heterocycles. The molecule has 2 heterocycles. The summed E-state index contributed by atoms with van der Waals surface area (Å²) in [7, 11) is 0. The molecule has 2 amide bonds. The van der Waals surface area contributed by atoms with Crippen LogP contribution < -0.4 is 5.32 Å². The van der Waals surface area contributed by atoms with Crippen molar-refractivity contribution in [3.05, 3.63) is 11.9 Å². The van der Waals surface area contributed by atoms with Gasteiger partial charge >= 0.3 is 6.03 Å². The van der Waals surface area contributed by atoms with Crippen LogP contribution in [0.3, 0.4) is 0 Å². The van der Waals surface area contributed by atoms with E-state index in [1.165, 1.54) is 50.6 Å². The van der Waals surface area contributed by atoms with Crippen LogP contribution in [0.5, 0.6) is 0 Å². The van der Waals surface area contributed by atoms with Gasteiger partial charge in [-0.05, 0) is 43.9 Å². The molecule has 1 aromatic heterocycles. The van der Waals surface area contributed by atoms with Gasteiger partial charge in [0.1, 0.15) is 0 Å². The Balaban J connectivity index is 1.45. The zero-order valence-electron chi connectivity index (χ0n) is 14.2. The predicted molar refractivity (Wildman–Crippen MR) is 90.6 cm³/mol. The molecule has 0 bridgehead atoms. The smallest absolute Gasteiger partial charge is 0.321 e. The van der Waals surface area contributed by atoms with Crippen molar-refractivity contribution in [3.8, 4) is 0 Å². The van der Waals surface area contributed by atoms with E-state index in [-0.39, 0.29) is 6.03 Å². The van der Waals surface area contributed by atoms with E-state index in [1.54, 1.807) is 0 Å². The van der Waals surface area contributed by atoms with E-state index in [2.05, 4.69) is 22.0 Å². The van der Waals surface area contributed by atoms with Gasteiger partial charge in [-0.25, -0.2) is 4.79 Å². The van der Waals surface area contributed by atoms with Gasteiger partial charge < -0.3 is 10.2 Å². The van der Waals surface area contributed by atoms with Crippen molar-refractivity contribution in [1.82, 2.24) is 14.7 Å². The third-order valence-electron chi connectivity index (χ3n) is 5.91. The SMILES string of the molecule is CCCn1ncc(NC(=O)N2CCC3(CCCC3)C2)c1C1CC1. The fourth-order valence-electron chi connectivity index (χ4n) is 4.50. The number of aromatic nitrogens is 2. The Labute approximate surface area is 138 Å². The summed E-state index contributed by atoms with van der Waals surface area (Å²) in [6.07, 6.45) is 11.8. The van der Waals surface area contributed by atoms with E-state index in [9.17, 15) is 4.79 Å². The molecule has 3 aliphatic rings. The molecule has 1 N–H and O–H groups in total. The number of urea groups is 1. The van der Waals surface area contributed by atoms with Crippen LogP contribution in [0.15, 0.2) is 6.20 Å². The van der Waals surface area contributed by atoms with Crippen LogP contribution in [0, 0.1) is 5.41 Å². The number of hydrogen-bond donors (Lipinski definition) is 1. The van der Waals surface area contributed by atoms with Crippen LogP contribution in [0.4, 0.5) is 10.5 Å². The second-order valence-corrected chi connectivity index (χ2v) is 7.75. The number of aryl methyl sites for hydroxylation is 1. The van der Waals surface area contributed by atoms with Crippen molar-refractivity contribution < 1.29 is 4.79 Å². The van der Waals surface area contributed by atoms with Gasteiger partial charge in [0.05, 0.1) is 17.6 Å². The van der Waals surface area contributed by atoms with E-state index in [0.29, 0.717) is 11.3 Å². The van der Waals surface area contributed by atoms with Crippen LogP contribution in [0.1, 0.15) is 69.9 Å². The molecule has 0 radical (unpaired) electrons. The summed E-state index contributed by atoms with van der Waals surface area (Å²) in [4.78, 5) is 14.7. The highest BCUT2D eigenvalue weighted by Crippen LogP contribution is 2.46. The lowest BCUT2D eigenvalue weighted by Gasteiger charge is -2.23. The highest BCUT2D eigenvalue weighted by atomic mass is 16.2. The predicted octanol–water partition coefficient (Wildman–Crippen LogP) is 3.97. The maximum atomic E-state index is 12.7. The largest absolute Gasteiger partial charge is 0.324 e. The lowest BCUT2D eigenvalue weighted by molar-refractivity contribution is 0.213. The van der Waals surface area contributed by atoms with E-state index in [0.717, 1.165) is 31.7 Å². The summed E-state index contributed by atoms with van der Waals surface area (Å²) in [6.45, 7) is 4.96. The summed E-state index contributed by atoms with van der Waals surface area (Å²) in [6, 6.07) is 0.0757. The number of rotatable bonds is 4.